The first kappa shape index (κ1) is 25.4. The third-order valence-electron chi connectivity index (χ3n) is 6.60. The number of methoxy groups -OCH3 is 2. The summed E-state index contributed by atoms with van der Waals surface area (Å²) in [5.41, 5.74) is 2.74. The van der Waals surface area contributed by atoms with Crippen molar-refractivity contribution in [3.63, 3.8) is 0 Å². The van der Waals surface area contributed by atoms with Crippen molar-refractivity contribution in [3.05, 3.63) is 35.1 Å². The number of nitrogens with one attached hydrogen (secondary N) is 1. The zero-order valence-electron chi connectivity index (χ0n) is 20.6. The van der Waals surface area contributed by atoms with Gasteiger partial charge >= 0.3 is 0 Å². The van der Waals surface area contributed by atoms with Crippen LogP contribution < -0.4 is 14.8 Å². The summed E-state index contributed by atoms with van der Waals surface area (Å²) in [6, 6.07) is 6.47. The van der Waals surface area contributed by atoms with Crippen LogP contribution in [0.5, 0.6) is 17.4 Å². The van der Waals surface area contributed by atoms with Gasteiger partial charge in [-0.3, -0.25) is 0 Å². The summed E-state index contributed by atoms with van der Waals surface area (Å²) in [5, 5.41) is 16.1. The Kier molecular flexibility index (Phi) is 10.3. The number of ether oxygens (including phenoxy) is 2. The van der Waals surface area contributed by atoms with Crippen LogP contribution in [-0.4, -0.2) is 61.6 Å². The lowest BCUT2D eigenvalue weighted by Gasteiger charge is -2.36. The molecule has 0 saturated carbocycles. The van der Waals surface area contributed by atoms with Crippen molar-refractivity contribution in [2.45, 2.75) is 70.8 Å². The molecule has 33 heavy (non-hydrogen) atoms. The maximum absolute atomic E-state index is 9.18. The fourth-order valence-corrected chi connectivity index (χ4v) is 4.91. The van der Waals surface area contributed by atoms with Gasteiger partial charge in [0, 0.05) is 30.6 Å². The molecule has 1 atom stereocenters. The van der Waals surface area contributed by atoms with Crippen LogP contribution in [0.1, 0.15) is 62.3 Å². The Morgan fingerprint density at radius 2 is 1.97 bits per heavy atom. The van der Waals surface area contributed by atoms with E-state index in [4.69, 9.17) is 14.0 Å². The van der Waals surface area contributed by atoms with Crippen LogP contribution in [0.2, 0.25) is 0 Å². The molecule has 0 unspecified atom stereocenters. The number of hydrogen-bond donors (Lipinski definition) is 2. The van der Waals surface area contributed by atoms with Crippen molar-refractivity contribution in [3.8, 4) is 17.4 Å². The van der Waals surface area contributed by atoms with Crippen LogP contribution in [0, 0.1) is 0 Å². The van der Waals surface area contributed by atoms with Gasteiger partial charge in [0.2, 0.25) is 0 Å². The predicted molar refractivity (Wildman–Crippen MR) is 130 cm³/mol. The lowest BCUT2D eigenvalue weighted by Crippen LogP contribution is -2.40. The van der Waals surface area contributed by atoms with Gasteiger partial charge in [0.1, 0.15) is 5.76 Å². The third kappa shape index (κ3) is 7.37. The van der Waals surface area contributed by atoms with Crippen LogP contribution in [0.4, 0.5) is 0 Å². The van der Waals surface area contributed by atoms with Crippen LogP contribution in [0.25, 0.3) is 0 Å². The van der Waals surface area contributed by atoms with E-state index in [1.807, 2.05) is 6.07 Å². The Balaban J connectivity index is 1.35. The molecule has 0 spiro atoms. The van der Waals surface area contributed by atoms with Crippen molar-refractivity contribution in [1.82, 2.24) is 15.4 Å². The molecule has 1 aliphatic carbocycles. The highest BCUT2D eigenvalue weighted by Gasteiger charge is 2.27. The van der Waals surface area contributed by atoms with Crippen LogP contribution in [0.15, 0.2) is 22.7 Å². The number of aromatic nitrogens is 1. The van der Waals surface area contributed by atoms with Crippen molar-refractivity contribution >= 4 is 0 Å². The summed E-state index contributed by atoms with van der Waals surface area (Å²) in [5.74, 6) is 2.44. The van der Waals surface area contributed by atoms with Gasteiger partial charge in [0.25, 0.3) is 5.88 Å². The standard InChI is InChI=1S/C26H41N3O4/c1-4-16-29(17-8-6-5-7-14-27-15-13-22-19-25(30)28-33-22)21-10-11-23-20(18-21)9-12-24(31-2)26(23)32-3/h9,12,19,21,27H,4-8,10-11,13-18H2,1-3H3,(H,28,30)/t21-/m0/s1. The summed E-state index contributed by atoms with van der Waals surface area (Å²) >= 11 is 0. The minimum atomic E-state index is -0.0421. The molecule has 0 aliphatic heterocycles. The predicted octanol–water partition coefficient (Wildman–Crippen LogP) is 4.36. The Bertz CT molecular complexity index is 839. The molecule has 1 aromatic carbocycles. The monoisotopic (exact) mass is 459 g/mol. The van der Waals surface area contributed by atoms with Gasteiger partial charge in [-0.15, -0.1) is 0 Å². The number of unbranched alkanes of at least 4 members (excludes halogenated alkanes) is 3. The lowest BCUT2D eigenvalue weighted by atomic mass is 9.86. The van der Waals surface area contributed by atoms with E-state index in [0.717, 1.165) is 49.6 Å². The Hall–Kier alpha value is -2.25. The number of hydrogen-bond acceptors (Lipinski definition) is 7. The van der Waals surface area contributed by atoms with Crippen LogP contribution in [-0.2, 0) is 19.3 Å². The molecule has 1 aliphatic rings. The van der Waals surface area contributed by atoms with Gasteiger partial charge in [0.05, 0.1) is 14.2 Å². The molecule has 1 aromatic heterocycles. The van der Waals surface area contributed by atoms with Crippen molar-refractivity contribution in [2.24, 2.45) is 0 Å². The lowest BCUT2D eigenvalue weighted by molar-refractivity contribution is 0.175. The quantitative estimate of drug-likeness (QED) is 0.383. The van der Waals surface area contributed by atoms with E-state index in [-0.39, 0.29) is 5.88 Å². The molecule has 0 bridgehead atoms. The van der Waals surface area contributed by atoms with E-state index < -0.39 is 0 Å². The van der Waals surface area contributed by atoms with E-state index >= 15 is 0 Å². The Morgan fingerprint density at radius 1 is 1.12 bits per heavy atom. The Morgan fingerprint density at radius 3 is 2.70 bits per heavy atom. The molecular formula is C26H41N3O4. The molecule has 7 heteroatoms. The second-order valence-corrected chi connectivity index (χ2v) is 8.94. The van der Waals surface area contributed by atoms with Gasteiger partial charge < -0.3 is 29.3 Å². The fourth-order valence-electron chi connectivity index (χ4n) is 4.91. The van der Waals surface area contributed by atoms with E-state index in [9.17, 15) is 5.11 Å². The number of nitrogens with zero attached hydrogens (tertiary/aromatic N) is 2. The maximum atomic E-state index is 9.18. The Labute approximate surface area is 198 Å². The number of fused-ring (bicyclic) bond motifs is 1. The highest BCUT2D eigenvalue weighted by Crippen LogP contribution is 2.38. The first-order chi connectivity index (χ1) is 16.2. The third-order valence-corrected chi connectivity index (χ3v) is 6.60. The molecule has 0 radical (unpaired) electrons. The zero-order valence-corrected chi connectivity index (χ0v) is 20.6. The van der Waals surface area contributed by atoms with Gasteiger partial charge in [-0.05, 0) is 74.9 Å². The van der Waals surface area contributed by atoms with Crippen molar-refractivity contribution in [1.29, 1.82) is 0 Å². The molecule has 2 N–H and O–H groups in total. The second kappa shape index (κ2) is 13.5. The van der Waals surface area contributed by atoms with Gasteiger partial charge in [-0.2, -0.15) is 0 Å². The normalized spacial score (nSPS) is 15.6. The molecule has 0 fully saturated rings. The number of benzene rings is 1. The van der Waals surface area contributed by atoms with Gasteiger partial charge in [-0.25, -0.2) is 0 Å². The van der Waals surface area contributed by atoms with E-state index in [1.165, 1.54) is 62.7 Å². The highest BCUT2D eigenvalue weighted by atomic mass is 16.5. The summed E-state index contributed by atoms with van der Waals surface area (Å²) < 4.78 is 16.2. The topological polar surface area (TPSA) is 80.0 Å². The average Bonchev–Trinajstić information content (AvgIpc) is 3.25. The first-order valence-corrected chi connectivity index (χ1v) is 12.5. The number of rotatable bonds is 15. The second-order valence-electron chi connectivity index (χ2n) is 8.94. The van der Waals surface area contributed by atoms with E-state index in [1.54, 1.807) is 20.3 Å². The first-order valence-electron chi connectivity index (χ1n) is 12.5. The minimum Gasteiger partial charge on any atom is -0.493 e. The average molecular weight is 460 g/mol. The van der Waals surface area contributed by atoms with Gasteiger partial charge in [-0.1, -0.05) is 25.8 Å². The van der Waals surface area contributed by atoms with Crippen molar-refractivity contribution < 1.29 is 19.1 Å². The molecule has 2 aromatic rings. The van der Waals surface area contributed by atoms with Gasteiger partial charge in [0.15, 0.2) is 11.5 Å². The van der Waals surface area contributed by atoms with Crippen molar-refractivity contribution in [2.75, 3.05) is 40.4 Å². The molecule has 1 heterocycles. The smallest absolute Gasteiger partial charge is 0.251 e. The summed E-state index contributed by atoms with van der Waals surface area (Å²) in [7, 11) is 3.45. The molecule has 0 saturated heterocycles. The fraction of sp³-hybridized carbons (Fsp3) is 0.654. The van der Waals surface area contributed by atoms with Crippen LogP contribution in [0.3, 0.4) is 0 Å². The molecular weight excluding hydrogens is 418 g/mol. The summed E-state index contributed by atoms with van der Waals surface area (Å²) in [4.78, 5) is 2.71. The molecule has 184 valence electrons. The highest BCUT2D eigenvalue weighted by molar-refractivity contribution is 5.52. The molecule has 3 rings (SSSR count). The summed E-state index contributed by atoms with van der Waals surface area (Å²) in [6.45, 7) is 6.50. The largest absolute Gasteiger partial charge is 0.493 e. The zero-order chi connectivity index (χ0) is 23.5. The molecule has 0 amide bonds. The minimum absolute atomic E-state index is 0.0421. The number of aromatic hydroxyl groups is 1. The maximum Gasteiger partial charge on any atom is 0.251 e. The van der Waals surface area contributed by atoms with E-state index in [2.05, 4.69) is 28.4 Å². The van der Waals surface area contributed by atoms with Crippen LogP contribution >= 0.6 is 0 Å². The van der Waals surface area contributed by atoms with E-state index in [0.29, 0.717) is 6.04 Å². The SMILES string of the molecule is CCCN(CCCCCCNCCc1cc(O)no1)[C@H]1CCc2c(ccc(OC)c2OC)C1. The molecule has 7 nitrogen and oxygen atoms in total. The summed E-state index contributed by atoms with van der Waals surface area (Å²) in [6.07, 6.45) is 10.3.